The van der Waals surface area contributed by atoms with E-state index in [0.29, 0.717) is 16.5 Å². The molecule has 0 spiro atoms. The quantitative estimate of drug-likeness (QED) is 0.581. The molecule has 0 bridgehead atoms. The van der Waals surface area contributed by atoms with Gasteiger partial charge < -0.3 is 9.52 Å². The van der Waals surface area contributed by atoms with Gasteiger partial charge in [-0.2, -0.15) is 0 Å². The molecule has 22 heavy (non-hydrogen) atoms. The summed E-state index contributed by atoms with van der Waals surface area (Å²) in [5, 5.41) is 10.7. The van der Waals surface area contributed by atoms with Crippen molar-refractivity contribution in [3.63, 3.8) is 0 Å². The Morgan fingerprint density at radius 3 is 2.59 bits per heavy atom. The number of phenols is 1. The van der Waals surface area contributed by atoms with Crippen LogP contribution in [-0.4, -0.2) is 10.9 Å². The number of aryl methyl sites for hydroxylation is 2. The van der Waals surface area contributed by atoms with Crippen LogP contribution in [-0.2, 0) is 0 Å². The van der Waals surface area contributed by atoms with Crippen LogP contribution in [0.15, 0.2) is 51.7 Å². The molecule has 4 heteroatoms. The maximum Gasteiger partial charge on any atom is 0.336 e. The van der Waals surface area contributed by atoms with E-state index in [4.69, 9.17) is 4.42 Å². The van der Waals surface area contributed by atoms with Gasteiger partial charge in [-0.05, 0) is 37.6 Å². The first kappa shape index (κ1) is 14.1. The molecular formula is C18H14O4. The molecule has 1 aromatic heterocycles. The van der Waals surface area contributed by atoms with Gasteiger partial charge in [0, 0.05) is 17.0 Å². The lowest BCUT2D eigenvalue weighted by molar-refractivity contribution is 0.103. The highest BCUT2D eigenvalue weighted by Gasteiger charge is 2.20. The van der Waals surface area contributed by atoms with Crippen molar-refractivity contribution in [1.29, 1.82) is 0 Å². The van der Waals surface area contributed by atoms with Crippen LogP contribution >= 0.6 is 0 Å². The van der Waals surface area contributed by atoms with Gasteiger partial charge in [0.15, 0.2) is 5.58 Å². The van der Waals surface area contributed by atoms with Crippen molar-refractivity contribution in [3.05, 3.63) is 75.1 Å². The number of carbonyl (C=O) groups excluding carboxylic acids is 1. The number of ketones is 1. The predicted molar refractivity (Wildman–Crippen MR) is 83.5 cm³/mol. The van der Waals surface area contributed by atoms with Crippen LogP contribution in [0.3, 0.4) is 0 Å². The second-order valence-corrected chi connectivity index (χ2v) is 5.28. The molecular weight excluding hydrogens is 280 g/mol. The topological polar surface area (TPSA) is 67.5 Å². The van der Waals surface area contributed by atoms with Gasteiger partial charge in [0.25, 0.3) is 0 Å². The normalized spacial score (nSPS) is 10.8. The Labute approximate surface area is 126 Å². The molecule has 3 rings (SSSR count). The van der Waals surface area contributed by atoms with Crippen LogP contribution in [0.25, 0.3) is 11.0 Å². The Balaban J connectivity index is 2.32. The molecule has 1 heterocycles. The second-order valence-electron chi connectivity index (χ2n) is 5.28. The second kappa shape index (κ2) is 5.15. The molecule has 110 valence electrons. The number of benzene rings is 2. The lowest BCUT2D eigenvalue weighted by Gasteiger charge is -2.09. The van der Waals surface area contributed by atoms with E-state index in [1.165, 1.54) is 12.1 Å². The lowest BCUT2D eigenvalue weighted by atomic mass is 9.98. The highest BCUT2D eigenvalue weighted by Crippen LogP contribution is 2.30. The van der Waals surface area contributed by atoms with E-state index < -0.39 is 5.63 Å². The lowest BCUT2D eigenvalue weighted by Crippen LogP contribution is -2.06. The summed E-state index contributed by atoms with van der Waals surface area (Å²) in [4.78, 5) is 24.4. The summed E-state index contributed by atoms with van der Waals surface area (Å²) in [6.07, 6.45) is 0. The number of fused-ring (bicyclic) bond motifs is 1. The van der Waals surface area contributed by atoms with Crippen LogP contribution in [0, 0.1) is 13.8 Å². The highest BCUT2D eigenvalue weighted by atomic mass is 16.4. The van der Waals surface area contributed by atoms with Crippen molar-refractivity contribution >= 4 is 16.8 Å². The van der Waals surface area contributed by atoms with E-state index >= 15 is 0 Å². The Morgan fingerprint density at radius 2 is 1.86 bits per heavy atom. The molecule has 2 aromatic carbocycles. The maximum absolute atomic E-state index is 12.7. The summed E-state index contributed by atoms with van der Waals surface area (Å²) in [6, 6.07) is 11.5. The molecule has 0 aliphatic rings. The van der Waals surface area contributed by atoms with Crippen molar-refractivity contribution in [2.45, 2.75) is 13.8 Å². The van der Waals surface area contributed by atoms with Crippen LogP contribution in [0.2, 0.25) is 0 Å². The van der Waals surface area contributed by atoms with Gasteiger partial charge >= 0.3 is 5.63 Å². The predicted octanol–water partition coefficient (Wildman–Crippen LogP) is 3.35. The number of hydrogen-bond acceptors (Lipinski definition) is 4. The van der Waals surface area contributed by atoms with Crippen molar-refractivity contribution in [2.24, 2.45) is 0 Å². The highest BCUT2D eigenvalue weighted by molar-refractivity contribution is 6.17. The van der Waals surface area contributed by atoms with Crippen LogP contribution in [0.4, 0.5) is 0 Å². The van der Waals surface area contributed by atoms with Gasteiger partial charge in [0.1, 0.15) is 11.3 Å². The molecule has 0 radical (unpaired) electrons. The molecule has 4 nitrogen and oxygen atoms in total. The van der Waals surface area contributed by atoms with Crippen LogP contribution < -0.4 is 5.63 Å². The average Bonchev–Trinajstić information content (AvgIpc) is 2.46. The van der Waals surface area contributed by atoms with E-state index in [-0.39, 0.29) is 22.7 Å². The number of aromatic hydroxyl groups is 1. The first-order chi connectivity index (χ1) is 10.5. The zero-order valence-corrected chi connectivity index (χ0v) is 12.2. The average molecular weight is 294 g/mol. The minimum Gasteiger partial charge on any atom is -0.507 e. The fraction of sp³-hybridized carbons (Fsp3) is 0.111. The zero-order chi connectivity index (χ0) is 15.9. The largest absolute Gasteiger partial charge is 0.507 e. The van der Waals surface area contributed by atoms with Gasteiger partial charge in [0.05, 0.1) is 0 Å². The number of phenolic OH excluding ortho intramolecular Hbond substituents is 1. The van der Waals surface area contributed by atoms with Crippen molar-refractivity contribution < 1.29 is 14.3 Å². The third kappa shape index (κ3) is 2.29. The zero-order valence-electron chi connectivity index (χ0n) is 12.2. The Hall–Kier alpha value is -2.88. The molecule has 0 saturated heterocycles. The van der Waals surface area contributed by atoms with Gasteiger partial charge in [-0.1, -0.05) is 23.8 Å². The van der Waals surface area contributed by atoms with Crippen molar-refractivity contribution in [2.75, 3.05) is 0 Å². The monoisotopic (exact) mass is 294 g/mol. The maximum atomic E-state index is 12.7. The minimum absolute atomic E-state index is 0.0175. The summed E-state index contributed by atoms with van der Waals surface area (Å²) in [5.74, 6) is -0.576. The summed E-state index contributed by atoms with van der Waals surface area (Å²) >= 11 is 0. The van der Waals surface area contributed by atoms with Crippen molar-refractivity contribution in [3.8, 4) is 5.75 Å². The van der Waals surface area contributed by atoms with E-state index in [0.717, 1.165) is 5.56 Å². The molecule has 0 amide bonds. The molecule has 0 saturated carbocycles. The Morgan fingerprint density at radius 1 is 1.09 bits per heavy atom. The van der Waals surface area contributed by atoms with Gasteiger partial charge in [0.2, 0.25) is 5.78 Å². The van der Waals surface area contributed by atoms with E-state index in [1.54, 1.807) is 31.2 Å². The fourth-order valence-corrected chi connectivity index (χ4v) is 2.52. The minimum atomic E-state index is -0.547. The van der Waals surface area contributed by atoms with Crippen molar-refractivity contribution in [1.82, 2.24) is 0 Å². The summed E-state index contributed by atoms with van der Waals surface area (Å²) < 4.78 is 5.19. The smallest absolute Gasteiger partial charge is 0.336 e. The van der Waals surface area contributed by atoms with Gasteiger partial charge in [-0.3, -0.25) is 4.79 Å². The van der Waals surface area contributed by atoms with E-state index in [2.05, 4.69) is 0 Å². The SMILES string of the molecule is Cc1cccc(C(=O)c2c(O)ccc3c(C)cc(=O)oc23)c1. The van der Waals surface area contributed by atoms with E-state index in [1.807, 2.05) is 13.0 Å². The first-order valence-corrected chi connectivity index (χ1v) is 6.85. The number of carbonyl (C=O) groups is 1. The summed E-state index contributed by atoms with van der Waals surface area (Å²) in [6.45, 7) is 3.64. The summed E-state index contributed by atoms with van der Waals surface area (Å²) in [5.41, 5.74) is 1.66. The molecule has 0 fully saturated rings. The standard InChI is InChI=1S/C18H14O4/c1-10-4-3-5-12(8-10)17(21)16-14(19)7-6-13-11(2)9-15(20)22-18(13)16/h3-9,19H,1-2H3. The molecule has 0 unspecified atom stereocenters. The third-order valence-corrected chi connectivity index (χ3v) is 3.60. The number of rotatable bonds is 2. The number of hydrogen-bond donors (Lipinski definition) is 1. The third-order valence-electron chi connectivity index (χ3n) is 3.60. The molecule has 0 atom stereocenters. The van der Waals surface area contributed by atoms with Crippen LogP contribution in [0.5, 0.6) is 5.75 Å². The van der Waals surface area contributed by atoms with Crippen LogP contribution in [0.1, 0.15) is 27.0 Å². The molecule has 0 aliphatic carbocycles. The summed E-state index contributed by atoms with van der Waals surface area (Å²) in [7, 11) is 0. The molecule has 3 aromatic rings. The van der Waals surface area contributed by atoms with E-state index in [9.17, 15) is 14.7 Å². The van der Waals surface area contributed by atoms with Gasteiger partial charge in [-0.25, -0.2) is 4.79 Å². The fourth-order valence-electron chi connectivity index (χ4n) is 2.52. The molecule has 0 aliphatic heterocycles. The first-order valence-electron chi connectivity index (χ1n) is 6.85. The Bertz CT molecular complexity index is 951. The Kier molecular flexibility index (Phi) is 3.29. The molecule has 1 N–H and O–H groups in total. The van der Waals surface area contributed by atoms with Gasteiger partial charge in [-0.15, -0.1) is 0 Å².